The van der Waals surface area contributed by atoms with Crippen LogP contribution in [0.5, 0.6) is 0 Å². The van der Waals surface area contributed by atoms with Crippen molar-refractivity contribution in [2.75, 3.05) is 12.8 Å². The van der Waals surface area contributed by atoms with Crippen LogP contribution >= 0.6 is 11.8 Å². The lowest BCUT2D eigenvalue weighted by Crippen LogP contribution is -2.06. The fourth-order valence-corrected chi connectivity index (χ4v) is 2.06. The lowest BCUT2D eigenvalue weighted by Gasteiger charge is -2.07. The van der Waals surface area contributed by atoms with Crippen molar-refractivity contribution in [1.82, 2.24) is 5.32 Å². The molecule has 84 valence electrons. The second-order valence-electron chi connectivity index (χ2n) is 3.27. The molecule has 0 aliphatic carbocycles. The van der Waals surface area contributed by atoms with E-state index in [0.717, 1.165) is 12.2 Å². The van der Waals surface area contributed by atoms with Crippen LogP contribution in [0.25, 0.3) is 0 Å². The average Bonchev–Trinajstić information content (AvgIpc) is 2.17. The molecule has 0 saturated heterocycles. The summed E-state index contributed by atoms with van der Waals surface area (Å²) in [5.74, 6) is -0.184. The van der Waals surface area contributed by atoms with E-state index < -0.39 is 11.6 Å². The van der Waals surface area contributed by atoms with Gasteiger partial charge in [-0.25, -0.2) is 8.78 Å². The lowest BCUT2D eigenvalue weighted by molar-refractivity contribution is 0.536. The molecule has 0 heterocycles. The molecule has 4 heteroatoms. The van der Waals surface area contributed by atoms with Gasteiger partial charge in [0, 0.05) is 6.54 Å². The number of benzene rings is 1. The van der Waals surface area contributed by atoms with Gasteiger partial charge in [0.2, 0.25) is 0 Å². The summed E-state index contributed by atoms with van der Waals surface area (Å²) in [7, 11) is 1.75. The van der Waals surface area contributed by atoms with Gasteiger partial charge in [-0.1, -0.05) is 6.92 Å². The molecular formula is C11H15F2NS. The summed E-state index contributed by atoms with van der Waals surface area (Å²) in [5.41, 5.74) is 0.633. The summed E-state index contributed by atoms with van der Waals surface area (Å²) < 4.78 is 26.9. The number of thioether (sulfide) groups is 1. The van der Waals surface area contributed by atoms with E-state index in [9.17, 15) is 8.78 Å². The Labute approximate surface area is 93.3 Å². The summed E-state index contributed by atoms with van der Waals surface area (Å²) in [4.78, 5) is 0.136. The fourth-order valence-electron chi connectivity index (χ4n) is 1.26. The van der Waals surface area contributed by atoms with Crippen molar-refractivity contribution in [2.45, 2.75) is 24.8 Å². The second-order valence-corrected chi connectivity index (χ2v) is 4.37. The minimum atomic E-state index is -0.460. The molecule has 0 bridgehead atoms. The highest BCUT2D eigenvalue weighted by molar-refractivity contribution is 7.99. The molecule has 1 aromatic carbocycles. The zero-order valence-corrected chi connectivity index (χ0v) is 9.76. The Balaban J connectivity index is 2.88. The van der Waals surface area contributed by atoms with E-state index >= 15 is 0 Å². The normalized spacial score (nSPS) is 10.7. The van der Waals surface area contributed by atoms with Crippen LogP contribution in [0.2, 0.25) is 0 Å². The Morgan fingerprint density at radius 3 is 2.33 bits per heavy atom. The van der Waals surface area contributed by atoms with Gasteiger partial charge in [-0.15, -0.1) is 11.8 Å². The van der Waals surface area contributed by atoms with Crippen molar-refractivity contribution in [1.29, 1.82) is 0 Å². The van der Waals surface area contributed by atoms with Gasteiger partial charge in [-0.05, 0) is 36.9 Å². The number of nitrogens with one attached hydrogen (secondary N) is 1. The smallest absolute Gasteiger partial charge is 0.140 e. The first-order valence-electron chi connectivity index (χ1n) is 4.94. The van der Waals surface area contributed by atoms with Crippen LogP contribution in [0, 0.1) is 11.6 Å². The fraction of sp³-hybridized carbons (Fsp3) is 0.455. The molecule has 15 heavy (non-hydrogen) atoms. The molecule has 0 atom stereocenters. The minimum Gasteiger partial charge on any atom is -0.316 e. The van der Waals surface area contributed by atoms with Gasteiger partial charge < -0.3 is 5.32 Å². The van der Waals surface area contributed by atoms with Crippen LogP contribution in [-0.4, -0.2) is 12.8 Å². The third-order valence-electron chi connectivity index (χ3n) is 1.89. The van der Waals surface area contributed by atoms with Crippen LogP contribution in [0.3, 0.4) is 0 Å². The van der Waals surface area contributed by atoms with Crippen LogP contribution in [0.4, 0.5) is 8.78 Å². The van der Waals surface area contributed by atoms with Gasteiger partial charge in [0.15, 0.2) is 0 Å². The Morgan fingerprint density at radius 1 is 1.27 bits per heavy atom. The van der Waals surface area contributed by atoms with Crippen LogP contribution in [0.15, 0.2) is 17.0 Å². The van der Waals surface area contributed by atoms with E-state index in [4.69, 9.17) is 0 Å². The predicted molar refractivity (Wildman–Crippen MR) is 60.1 cm³/mol. The van der Waals surface area contributed by atoms with Gasteiger partial charge in [-0.3, -0.25) is 0 Å². The molecule has 1 rings (SSSR count). The van der Waals surface area contributed by atoms with Crippen molar-refractivity contribution in [2.24, 2.45) is 0 Å². The van der Waals surface area contributed by atoms with Gasteiger partial charge in [-0.2, -0.15) is 0 Å². The van der Waals surface area contributed by atoms with Crippen molar-refractivity contribution in [3.63, 3.8) is 0 Å². The molecule has 0 aliphatic heterocycles. The van der Waals surface area contributed by atoms with E-state index in [2.05, 4.69) is 5.32 Å². The first-order chi connectivity index (χ1) is 7.19. The molecule has 1 N–H and O–H groups in total. The van der Waals surface area contributed by atoms with Gasteiger partial charge in [0.05, 0.1) is 4.90 Å². The summed E-state index contributed by atoms with van der Waals surface area (Å²) in [6.07, 6.45) is 0.905. The van der Waals surface area contributed by atoms with E-state index in [-0.39, 0.29) is 4.90 Å². The first kappa shape index (κ1) is 12.5. The number of halogens is 2. The zero-order chi connectivity index (χ0) is 11.3. The number of hydrogen-bond acceptors (Lipinski definition) is 2. The quantitative estimate of drug-likeness (QED) is 0.781. The SMILES string of the molecule is CCCSc1c(F)cc(CNC)cc1F. The predicted octanol–water partition coefficient (Wildman–Crippen LogP) is 3.19. The first-order valence-corrected chi connectivity index (χ1v) is 5.93. The topological polar surface area (TPSA) is 12.0 Å². The zero-order valence-electron chi connectivity index (χ0n) is 8.94. The van der Waals surface area contributed by atoms with E-state index in [1.165, 1.54) is 23.9 Å². The monoisotopic (exact) mass is 231 g/mol. The lowest BCUT2D eigenvalue weighted by atomic mass is 10.2. The highest BCUT2D eigenvalue weighted by Crippen LogP contribution is 2.26. The molecule has 1 nitrogen and oxygen atoms in total. The Bertz CT molecular complexity index is 305. The van der Waals surface area contributed by atoms with Crippen LogP contribution < -0.4 is 5.32 Å². The summed E-state index contributed by atoms with van der Waals surface area (Å²) in [6.45, 7) is 2.46. The standard InChI is InChI=1S/C11H15F2NS/c1-3-4-15-11-9(12)5-8(7-14-2)6-10(11)13/h5-6,14H,3-4,7H2,1-2H3. The van der Waals surface area contributed by atoms with Gasteiger partial charge in [0.1, 0.15) is 11.6 Å². The van der Waals surface area contributed by atoms with E-state index in [0.29, 0.717) is 12.1 Å². The summed E-state index contributed by atoms with van der Waals surface area (Å²) >= 11 is 1.23. The van der Waals surface area contributed by atoms with Crippen molar-refractivity contribution < 1.29 is 8.78 Å². The number of rotatable bonds is 5. The average molecular weight is 231 g/mol. The Morgan fingerprint density at radius 2 is 1.87 bits per heavy atom. The van der Waals surface area contributed by atoms with Crippen molar-refractivity contribution in [3.8, 4) is 0 Å². The summed E-state index contributed by atoms with van der Waals surface area (Å²) in [5, 5.41) is 2.86. The third-order valence-corrected chi connectivity index (χ3v) is 3.18. The maximum atomic E-state index is 13.5. The van der Waals surface area contributed by atoms with Gasteiger partial charge >= 0.3 is 0 Å². The molecule has 0 radical (unpaired) electrons. The van der Waals surface area contributed by atoms with Crippen molar-refractivity contribution in [3.05, 3.63) is 29.3 Å². The largest absolute Gasteiger partial charge is 0.316 e. The minimum absolute atomic E-state index is 0.136. The van der Waals surface area contributed by atoms with Crippen LogP contribution in [-0.2, 0) is 6.54 Å². The van der Waals surface area contributed by atoms with Crippen LogP contribution in [0.1, 0.15) is 18.9 Å². The molecule has 0 aromatic heterocycles. The van der Waals surface area contributed by atoms with E-state index in [1.54, 1.807) is 7.05 Å². The molecular weight excluding hydrogens is 216 g/mol. The molecule has 0 saturated carbocycles. The number of hydrogen-bond donors (Lipinski definition) is 1. The Hall–Kier alpha value is -0.610. The highest BCUT2D eigenvalue weighted by Gasteiger charge is 2.10. The maximum Gasteiger partial charge on any atom is 0.140 e. The maximum absolute atomic E-state index is 13.5. The van der Waals surface area contributed by atoms with Crippen molar-refractivity contribution >= 4 is 11.8 Å². The molecule has 0 aliphatic rings. The third kappa shape index (κ3) is 3.47. The molecule has 0 amide bonds. The van der Waals surface area contributed by atoms with E-state index in [1.807, 2.05) is 6.92 Å². The molecule has 1 aromatic rings. The van der Waals surface area contributed by atoms with Gasteiger partial charge in [0.25, 0.3) is 0 Å². The Kier molecular flexibility index (Phi) is 5.05. The highest BCUT2D eigenvalue weighted by atomic mass is 32.2. The second kappa shape index (κ2) is 6.08. The molecule has 0 unspecified atom stereocenters. The summed E-state index contributed by atoms with van der Waals surface area (Å²) in [6, 6.07) is 2.77. The molecule has 0 spiro atoms. The molecule has 0 fully saturated rings.